The van der Waals surface area contributed by atoms with Crippen molar-refractivity contribution in [2.24, 2.45) is 0 Å². The van der Waals surface area contributed by atoms with Gasteiger partial charge in [0, 0.05) is 17.2 Å². The molecule has 1 fully saturated rings. The number of ether oxygens (including phenoxy) is 1. The molecule has 2 aromatic carbocycles. The first-order valence-corrected chi connectivity index (χ1v) is 9.62. The first-order chi connectivity index (χ1) is 14.0. The second kappa shape index (κ2) is 6.79. The summed E-state index contributed by atoms with van der Waals surface area (Å²) in [5.74, 6) is -0.641. The molecule has 146 valence electrons. The van der Waals surface area contributed by atoms with Gasteiger partial charge in [0.05, 0.1) is 34.7 Å². The van der Waals surface area contributed by atoms with Gasteiger partial charge in [-0.1, -0.05) is 11.6 Å². The molecule has 0 spiro atoms. The zero-order chi connectivity index (χ0) is 20.1. The summed E-state index contributed by atoms with van der Waals surface area (Å²) in [5.41, 5.74) is 0.898. The number of hydrogen-bond donors (Lipinski definition) is 0. The van der Waals surface area contributed by atoms with Gasteiger partial charge in [-0.25, -0.2) is 9.78 Å². The number of nitrogens with zero attached hydrogens (tertiary/aromatic N) is 2. The molecule has 0 saturated carbocycles. The van der Waals surface area contributed by atoms with Gasteiger partial charge in [-0.2, -0.15) is 0 Å². The topological polar surface area (TPSA) is 89.7 Å². The van der Waals surface area contributed by atoms with Crippen molar-refractivity contribution in [3.63, 3.8) is 0 Å². The molecule has 2 aliphatic heterocycles. The average molecular weight is 411 g/mol. The molecular formula is C21H15ClN2O5. The summed E-state index contributed by atoms with van der Waals surface area (Å²) in [4.78, 5) is 43.4. The minimum absolute atomic E-state index is 0.0745. The number of carbonyl (C=O) groups is 2. The lowest BCUT2D eigenvalue weighted by molar-refractivity contribution is 0.0475. The summed E-state index contributed by atoms with van der Waals surface area (Å²) >= 11 is 5.92. The fourth-order valence-corrected chi connectivity index (χ4v) is 3.92. The Morgan fingerprint density at radius 2 is 1.90 bits per heavy atom. The molecule has 0 N–H and O–H groups in total. The third kappa shape index (κ3) is 3.03. The quantitative estimate of drug-likeness (QED) is 0.615. The number of amides is 2. The van der Waals surface area contributed by atoms with Gasteiger partial charge in [0.2, 0.25) is 5.89 Å². The van der Waals surface area contributed by atoms with Crippen molar-refractivity contribution in [3.8, 4) is 11.5 Å². The molecule has 3 aromatic rings. The number of hydrogen-bond acceptors (Lipinski definition) is 6. The molecule has 29 heavy (non-hydrogen) atoms. The van der Waals surface area contributed by atoms with Crippen molar-refractivity contribution in [3.05, 3.63) is 63.0 Å². The van der Waals surface area contributed by atoms with Gasteiger partial charge in [-0.15, -0.1) is 0 Å². The molecule has 2 amide bonds. The number of benzene rings is 2. The van der Waals surface area contributed by atoms with Gasteiger partial charge >= 0.3 is 5.63 Å². The van der Waals surface area contributed by atoms with Crippen LogP contribution in [-0.2, 0) is 4.74 Å². The highest BCUT2D eigenvalue weighted by Crippen LogP contribution is 2.29. The molecule has 3 heterocycles. The molecule has 1 atom stereocenters. The van der Waals surface area contributed by atoms with Gasteiger partial charge in [0.15, 0.2) is 0 Å². The monoisotopic (exact) mass is 410 g/mol. The van der Waals surface area contributed by atoms with Crippen molar-refractivity contribution >= 4 is 34.3 Å². The lowest BCUT2D eigenvalue weighted by atomic mass is 10.1. The summed E-state index contributed by atoms with van der Waals surface area (Å²) in [6, 6.07) is 9.48. The van der Waals surface area contributed by atoms with Crippen molar-refractivity contribution in [2.45, 2.75) is 18.9 Å². The zero-order valence-electron chi connectivity index (χ0n) is 15.2. The average Bonchev–Trinajstić information content (AvgIpc) is 3.31. The number of rotatable bonds is 3. The van der Waals surface area contributed by atoms with Gasteiger partial charge in [-0.05, 0) is 49.2 Å². The number of carbonyl (C=O) groups excluding carboxylic acids is 2. The lowest BCUT2D eigenvalue weighted by Gasteiger charge is -2.17. The molecule has 5 rings (SSSR count). The highest BCUT2D eigenvalue weighted by molar-refractivity contribution is 6.31. The van der Waals surface area contributed by atoms with Crippen LogP contribution in [-0.4, -0.2) is 41.0 Å². The van der Waals surface area contributed by atoms with E-state index in [0.717, 1.165) is 12.8 Å². The van der Waals surface area contributed by atoms with Crippen molar-refractivity contribution < 1.29 is 18.7 Å². The summed E-state index contributed by atoms with van der Waals surface area (Å²) < 4.78 is 10.9. The first kappa shape index (κ1) is 18.0. The van der Waals surface area contributed by atoms with Crippen molar-refractivity contribution in [1.82, 2.24) is 9.88 Å². The maximum Gasteiger partial charge on any atom is 0.347 e. The number of aromatic nitrogens is 1. The van der Waals surface area contributed by atoms with E-state index in [9.17, 15) is 14.4 Å². The Balaban J connectivity index is 1.52. The van der Waals surface area contributed by atoms with E-state index in [0.29, 0.717) is 28.3 Å². The van der Waals surface area contributed by atoms with Crippen LogP contribution in [0.15, 0.2) is 45.6 Å². The Morgan fingerprint density at radius 1 is 1.07 bits per heavy atom. The normalized spacial score (nSPS) is 18.7. The molecule has 1 aromatic heterocycles. The highest BCUT2D eigenvalue weighted by Gasteiger charge is 2.37. The van der Waals surface area contributed by atoms with E-state index in [2.05, 4.69) is 4.98 Å². The lowest BCUT2D eigenvalue weighted by Crippen LogP contribution is -2.36. The van der Waals surface area contributed by atoms with Gasteiger partial charge in [-0.3, -0.25) is 14.5 Å². The standard InChI is InChI=1S/C21H15ClN2O5/c22-12-4-6-17-16(9-12)21(27)29-18(23-17)11-3-5-14-15(8-11)20(26)24(19(14)25)10-13-2-1-7-28-13/h3-6,8-9,13H,1-2,7,10H2. The molecule has 0 radical (unpaired) electrons. The molecular weight excluding hydrogens is 396 g/mol. The fourth-order valence-electron chi connectivity index (χ4n) is 3.75. The smallest absolute Gasteiger partial charge is 0.347 e. The van der Waals surface area contributed by atoms with Crippen LogP contribution < -0.4 is 5.63 Å². The van der Waals surface area contributed by atoms with Crippen LogP contribution in [0.25, 0.3) is 22.4 Å². The Kier molecular flexibility index (Phi) is 4.22. The van der Waals surface area contributed by atoms with Crippen molar-refractivity contribution in [1.29, 1.82) is 0 Å². The van der Waals surface area contributed by atoms with Crippen LogP contribution in [0.2, 0.25) is 5.02 Å². The van der Waals surface area contributed by atoms with Gasteiger partial charge < -0.3 is 9.15 Å². The number of imide groups is 1. The summed E-state index contributed by atoms with van der Waals surface area (Å²) in [6.07, 6.45) is 1.63. The van der Waals surface area contributed by atoms with Gasteiger partial charge in [0.25, 0.3) is 11.8 Å². The zero-order valence-corrected chi connectivity index (χ0v) is 15.9. The molecule has 8 heteroatoms. The third-order valence-electron chi connectivity index (χ3n) is 5.22. The molecule has 1 unspecified atom stereocenters. The minimum Gasteiger partial charge on any atom is -0.403 e. The third-order valence-corrected chi connectivity index (χ3v) is 5.45. The molecule has 1 saturated heterocycles. The van der Waals surface area contributed by atoms with E-state index in [-0.39, 0.29) is 41.3 Å². The highest BCUT2D eigenvalue weighted by atomic mass is 35.5. The molecule has 7 nitrogen and oxygen atoms in total. The van der Waals surface area contributed by atoms with Crippen molar-refractivity contribution in [2.75, 3.05) is 13.2 Å². The van der Waals surface area contributed by atoms with E-state index in [1.807, 2.05) is 0 Å². The first-order valence-electron chi connectivity index (χ1n) is 9.24. The van der Waals surface area contributed by atoms with Crippen LogP contribution in [0.1, 0.15) is 33.6 Å². The Morgan fingerprint density at radius 3 is 2.69 bits per heavy atom. The minimum atomic E-state index is -0.574. The fraction of sp³-hybridized carbons (Fsp3) is 0.238. The molecule has 0 aliphatic carbocycles. The summed E-state index contributed by atoms with van der Waals surface area (Å²) in [7, 11) is 0. The van der Waals surface area contributed by atoms with E-state index < -0.39 is 5.63 Å². The number of fused-ring (bicyclic) bond motifs is 2. The SMILES string of the molecule is O=C1c2ccc(-c3nc4ccc(Cl)cc4c(=O)o3)cc2C(=O)N1CC1CCCO1. The second-order valence-corrected chi connectivity index (χ2v) is 7.52. The second-order valence-electron chi connectivity index (χ2n) is 7.08. The van der Waals surface area contributed by atoms with E-state index >= 15 is 0 Å². The van der Waals surface area contributed by atoms with Gasteiger partial charge in [0.1, 0.15) is 0 Å². The van der Waals surface area contributed by atoms with E-state index in [1.165, 1.54) is 17.0 Å². The van der Waals surface area contributed by atoms with Crippen LogP contribution in [0.5, 0.6) is 0 Å². The Hall–Kier alpha value is -3.03. The van der Waals surface area contributed by atoms with Crippen LogP contribution in [0.4, 0.5) is 0 Å². The predicted molar refractivity (Wildman–Crippen MR) is 105 cm³/mol. The maximum atomic E-state index is 12.8. The molecule has 2 aliphatic rings. The summed E-state index contributed by atoms with van der Waals surface area (Å²) in [5, 5.41) is 0.684. The Bertz CT molecular complexity index is 1230. The largest absolute Gasteiger partial charge is 0.403 e. The predicted octanol–water partition coefficient (Wildman–Crippen LogP) is 3.28. The molecule has 0 bridgehead atoms. The van der Waals surface area contributed by atoms with E-state index in [4.69, 9.17) is 20.8 Å². The number of halogens is 1. The van der Waals surface area contributed by atoms with Crippen LogP contribution in [0, 0.1) is 0 Å². The van der Waals surface area contributed by atoms with Crippen LogP contribution >= 0.6 is 11.6 Å². The van der Waals surface area contributed by atoms with E-state index in [1.54, 1.807) is 24.3 Å². The maximum absolute atomic E-state index is 12.8. The summed E-state index contributed by atoms with van der Waals surface area (Å²) in [6.45, 7) is 0.890. The van der Waals surface area contributed by atoms with Crippen LogP contribution in [0.3, 0.4) is 0 Å². The Labute approximate surface area is 169 Å².